The van der Waals surface area contributed by atoms with Crippen molar-refractivity contribution in [3.8, 4) is 10.7 Å². The maximum atomic E-state index is 4.81. The van der Waals surface area contributed by atoms with Crippen LogP contribution in [0.15, 0.2) is 16.6 Å². The molecule has 2 aromatic rings. The summed E-state index contributed by atoms with van der Waals surface area (Å²) in [5.41, 5.74) is 1.00. The molecule has 0 aliphatic heterocycles. The molecule has 0 bridgehead atoms. The normalized spacial score (nSPS) is 11.7. The summed E-state index contributed by atoms with van der Waals surface area (Å²) < 4.78 is 0.973. The highest BCUT2D eigenvalue weighted by Crippen LogP contribution is 2.35. The van der Waals surface area contributed by atoms with Crippen LogP contribution < -0.4 is 5.32 Å². The number of hydrogen-bond donors (Lipinski definition) is 1. The molecule has 3 nitrogen and oxygen atoms in total. The monoisotopic (exact) mass is 367 g/mol. The van der Waals surface area contributed by atoms with E-state index in [-0.39, 0.29) is 5.41 Å². The van der Waals surface area contributed by atoms with Gasteiger partial charge in [-0.1, -0.05) is 27.7 Å². The number of thiophene rings is 1. The summed E-state index contributed by atoms with van der Waals surface area (Å²) in [5, 5.41) is 3.40. The zero-order chi connectivity index (χ0) is 15.6. The third kappa shape index (κ3) is 3.83. The van der Waals surface area contributed by atoms with Crippen molar-refractivity contribution in [2.75, 3.05) is 11.9 Å². The van der Waals surface area contributed by atoms with E-state index in [1.165, 1.54) is 4.88 Å². The van der Waals surface area contributed by atoms with E-state index >= 15 is 0 Å². The number of anilines is 1. The van der Waals surface area contributed by atoms with Gasteiger partial charge in [0.1, 0.15) is 5.82 Å². The fourth-order valence-electron chi connectivity index (χ4n) is 1.97. The maximum absolute atomic E-state index is 4.81. The Hall–Kier alpha value is -0.940. The Labute approximate surface area is 139 Å². The first-order valence-electron chi connectivity index (χ1n) is 7.21. The molecule has 0 aromatic carbocycles. The van der Waals surface area contributed by atoms with Gasteiger partial charge in [-0.3, -0.25) is 0 Å². The van der Waals surface area contributed by atoms with Gasteiger partial charge in [0, 0.05) is 16.8 Å². The Morgan fingerprint density at radius 2 is 1.95 bits per heavy atom. The fraction of sp³-hybridized carbons (Fsp3) is 0.500. The molecule has 2 rings (SSSR count). The quantitative estimate of drug-likeness (QED) is 0.786. The number of aryl methyl sites for hydroxylation is 1. The molecule has 114 valence electrons. The Kier molecular flexibility index (Phi) is 5.04. The molecular formula is C16H22BrN3S. The first-order chi connectivity index (χ1) is 9.82. The first kappa shape index (κ1) is 16.4. The molecule has 0 atom stereocenters. The van der Waals surface area contributed by atoms with E-state index in [1.807, 2.05) is 0 Å². The lowest BCUT2D eigenvalue weighted by Gasteiger charge is -2.22. The molecule has 0 spiro atoms. The average molecular weight is 368 g/mol. The fourth-order valence-corrected chi connectivity index (χ4v) is 3.68. The minimum atomic E-state index is -0.0362. The van der Waals surface area contributed by atoms with Gasteiger partial charge in [-0.2, -0.15) is 0 Å². The topological polar surface area (TPSA) is 37.8 Å². The van der Waals surface area contributed by atoms with Gasteiger partial charge in [0.2, 0.25) is 0 Å². The molecular weight excluding hydrogens is 346 g/mol. The summed E-state index contributed by atoms with van der Waals surface area (Å²) in [6, 6.07) is 4.21. The Balaban J connectivity index is 2.55. The molecule has 0 amide bonds. The predicted octanol–water partition coefficient (Wildman–Crippen LogP) is 5.40. The highest BCUT2D eigenvalue weighted by molar-refractivity contribution is 9.10. The van der Waals surface area contributed by atoms with Gasteiger partial charge in [0.05, 0.1) is 15.0 Å². The minimum absolute atomic E-state index is 0.0362. The van der Waals surface area contributed by atoms with Crippen molar-refractivity contribution in [2.24, 2.45) is 0 Å². The molecule has 1 N–H and O–H groups in total. The summed E-state index contributed by atoms with van der Waals surface area (Å²) in [6.45, 7) is 11.7. The molecule has 2 heterocycles. The number of hydrogen-bond acceptors (Lipinski definition) is 4. The van der Waals surface area contributed by atoms with Crippen LogP contribution in [0.1, 0.15) is 44.7 Å². The van der Waals surface area contributed by atoms with Crippen LogP contribution in [-0.2, 0) is 5.41 Å². The molecule has 0 unspecified atom stereocenters. The molecule has 21 heavy (non-hydrogen) atoms. The molecule has 2 aromatic heterocycles. The van der Waals surface area contributed by atoms with Gasteiger partial charge in [-0.15, -0.1) is 11.3 Å². The highest BCUT2D eigenvalue weighted by atomic mass is 79.9. The second-order valence-electron chi connectivity index (χ2n) is 6.15. The largest absolute Gasteiger partial charge is 0.369 e. The lowest BCUT2D eigenvalue weighted by atomic mass is 9.92. The van der Waals surface area contributed by atoms with Gasteiger partial charge in [0.25, 0.3) is 0 Å². The van der Waals surface area contributed by atoms with Gasteiger partial charge < -0.3 is 5.32 Å². The zero-order valence-corrected chi connectivity index (χ0v) is 15.7. The van der Waals surface area contributed by atoms with Crippen LogP contribution in [0.5, 0.6) is 0 Å². The third-order valence-electron chi connectivity index (χ3n) is 3.06. The Morgan fingerprint density at radius 1 is 1.24 bits per heavy atom. The van der Waals surface area contributed by atoms with Crippen LogP contribution in [-0.4, -0.2) is 16.5 Å². The standard InChI is InChI=1S/C16H22BrN3S/c1-6-9-18-15-12(17)13(16(3,4)5)19-14(20-15)11-8-7-10(2)21-11/h7-8H,6,9H2,1-5H3,(H,18,19,20). The average Bonchev–Trinajstić information content (AvgIpc) is 2.83. The summed E-state index contributed by atoms with van der Waals surface area (Å²) in [5.74, 6) is 1.69. The zero-order valence-electron chi connectivity index (χ0n) is 13.2. The minimum Gasteiger partial charge on any atom is -0.369 e. The van der Waals surface area contributed by atoms with Gasteiger partial charge in [-0.05, 0) is 41.4 Å². The number of nitrogens with zero attached hydrogens (tertiary/aromatic N) is 2. The van der Waals surface area contributed by atoms with E-state index < -0.39 is 0 Å². The molecule has 0 saturated carbocycles. The number of halogens is 1. The van der Waals surface area contributed by atoms with E-state index in [4.69, 9.17) is 9.97 Å². The van der Waals surface area contributed by atoms with Gasteiger partial charge in [0.15, 0.2) is 5.82 Å². The lowest BCUT2D eigenvalue weighted by molar-refractivity contribution is 0.564. The Bertz CT molecular complexity index is 629. The van der Waals surface area contributed by atoms with Gasteiger partial charge in [-0.25, -0.2) is 9.97 Å². The van der Waals surface area contributed by atoms with E-state index in [9.17, 15) is 0 Å². The second kappa shape index (κ2) is 6.44. The van der Waals surface area contributed by atoms with E-state index in [2.05, 4.69) is 68.0 Å². The number of aromatic nitrogens is 2. The predicted molar refractivity (Wildman–Crippen MR) is 95.3 cm³/mol. The van der Waals surface area contributed by atoms with Crippen molar-refractivity contribution < 1.29 is 0 Å². The van der Waals surface area contributed by atoms with Crippen molar-refractivity contribution in [2.45, 2.75) is 46.5 Å². The summed E-state index contributed by atoms with van der Waals surface area (Å²) in [6.07, 6.45) is 1.06. The molecule has 0 saturated heterocycles. The second-order valence-corrected chi connectivity index (χ2v) is 8.23. The van der Waals surface area contributed by atoms with E-state index in [1.54, 1.807) is 11.3 Å². The van der Waals surface area contributed by atoms with E-state index in [0.717, 1.165) is 39.7 Å². The third-order valence-corrected chi connectivity index (χ3v) is 4.81. The van der Waals surface area contributed by atoms with Crippen LogP contribution in [0.4, 0.5) is 5.82 Å². The SMILES string of the molecule is CCCNc1nc(-c2ccc(C)s2)nc(C(C)(C)C)c1Br. The van der Waals surface area contributed by atoms with Crippen LogP contribution in [0.25, 0.3) is 10.7 Å². The van der Waals surface area contributed by atoms with E-state index in [0.29, 0.717) is 0 Å². The molecule has 5 heteroatoms. The summed E-state index contributed by atoms with van der Waals surface area (Å²) in [7, 11) is 0. The summed E-state index contributed by atoms with van der Waals surface area (Å²) >= 11 is 5.41. The number of rotatable bonds is 4. The van der Waals surface area contributed by atoms with Crippen molar-refractivity contribution in [1.82, 2.24) is 9.97 Å². The van der Waals surface area contributed by atoms with Crippen molar-refractivity contribution in [3.63, 3.8) is 0 Å². The molecule has 0 fully saturated rings. The van der Waals surface area contributed by atoms with Gasteiger partial charge >= 0.3 is 0 Å². The van der Waals surface area contributed by atoms with Crippen LogP contribution in [0.3, 0.4) is 0 Å². The van der Waals surface area contributed by atoms with Crippen molar-refractivity contribution in [3.05, 3.63) is 27.2 Å². The number of nitrogens with one attached hydrogen (secondary N) is 1. The lowest BCUT2D eigenvalue weighted by Crippen LogP contribution is -2.17. The van der Waals surface area contributed by atoms with Crippen LogP contribution in [0, 0.1) is 6.92 Å². The highest BCUT2D eigenvalue weighted by Gasteiger charge is 2.23. The van der Waals surface area contributed by atoms with Crippen molar-refractivity contribution >= 4 is 33.1 Å². The van der Waals surface area contributed by atoms with Crippen molar-refractivity contribution in [1.29, 1.82) is 0 Å². The molecule has 0 aliphatic carbocycles. The smallest absolute Gasteiger partial charge is 0.171 e. The maximum Gasteiger partial charge on any atom is 0.171 e. The molecule has 0 aliphatic rings. The van der Waals surface area contributed by atoms with Crippen LogP contribution in [0.2, 0.25) is 0 Å². The van der Waals surface area contributed by atoms with Crippen LogP contribution >= 0.6 is 27.3 Å². The Morgan fingerprint density at radius 3 is 2.48 bits per heavy atom. The summed E-state index contributed by atoms with van der Waals surface area (Å²) in [4.78, 5) is 11.9. The first-order valence-corrected chi connectivity index (χ1v) is 8.82. The molecule has 0 radical (unpaired) electrons.